The van der Waals surface area contributed by atoms with Crippen LogP contribution in [0.3, 0.4) is 0 Å². The lowest BCUT2D eigenvalue weighted by molar-refractivity contribution is 0.616. The van der Waals surface area contributed by atoms with E-state index in [1.807, 2.05) is 0 Å². The Balaban J connectivity index is 2.05. The van der Waals surface area contributed by atoms with Gasteiger partial charge in [-0.1, -0.05) is 39.0 Å². The monoisotopic (exact) mass is 224 g/mol. The van der Waals surface area contributed by atoms with Gasteiger partial charge in [0.1, 0.15) is 6.20 Å². The van der Waals surface area contributed by atoms with Gasteiger partial charge in [0.05, 0.1) is 0 Å². The fourth-order valence-corrected chi connectivity index (χ4v) is 1.50. The van der Waals surface area contributed by atoms with Crippen molar-refractivity contribution in [1.82, 2.24) is 15.2 Å². The molecule has 1 heterocycles. The lowest BCUT2D eigenvalue weighted by Gasteiger charge is -2.03. The fourth-order valence-electron chi connectivity index (χ4n) is 1.50. The van der Waals surface area contributed by atoms with Crippen LogP contribution in [0.2, 0.25) is 0 Å². The maximum atomic E-state index is 10.9. The number of hydrogen-bond acceptors (Lipinski definition) is 4. The minimum Gasteiger partial charge on any atom is -0.355 e. The molecule has 0 aliphatic carbocycles. The second kappa shape index (κ2) is 7.84. The van der Waals surface area contributed by atoms with E-state index in [4.69, 9.17) is 0 Å². The Morgan fingerprint density at radius 1 is 1.25 bits per heavy atom. The van der Waals surface area contributed by atoms with Crippen molar-refractivity contribution in [2.45, 2.75) is 45.4 Å². The fraction of sp³-hybridized carbons (Fsp3) is 0.727. The van der Waals surface area contributed by atoms with Gasteiger partial charge in [0, 0.05) is 6.54 Å². The summed E-state index contributed by atoms with van der Waals surface area (Å²) in [5.41, 5.74) is -0.316. The Labute approximate surface area is 95.7 Å². The Hall–Kier alpha value is -1.39. The predicted molar refractivity (Wildman–Crippen MR) is 64.5 cm³/mol. The van der Waals surface area contributed by atoms with E-state index in [0.717, 1.165) is 19.2 Å². The van der Waals surface area contributed by atoms with E-state index in [0.29, 0.717) is 5.95 Å². The van der Waals surface area contributed by atoms with E-state index < -0.39 is 0 Å². The molecule has 0 bridgehead atoms. The molecule has 0 radical (unpaired) electrons. The molecule has 2 N–H and O–H groups in total. The Kier molecular flexibility index (Phi) is 6.22. The van der Waals surface area contributed by atoms with Crippen molar-refractivity contribution < 1.29 is 0 Å². The SMILES string of the molecule is CCCCCCCCNc1nc(=O)cn[nH]1. The van der Waals surface area contributed by atoms with Crippen LogP contribution in [0.4, 0.5) is 5.95 Å². The van der Waals surface area contributed by atoms with Crippen molar-refractivity contribution in [1.29, 1.82) is 0 Å². The van der Waals surface area contributed by atoms with Crippen LogP contribution in [0.15, 0.2) is 11.0 Å². The summed E-state index contributed by atoms with van der Waals surface area (Å²) in [7, 11) is 0. The molecule has 0 aliphatic rings. The maximum Gasteiger partial charge on any atom is 0.293 e. The highest BCUT2D eigenvalue weighted by Gasteiger charge is 1.94. The van der Waals surface area contributed by atoms with Crippen LogP contribution in [-0.2, 0) is 0 Å². The minimum absolute atomic E-state index is 0.316. The number of anilines is 1. The predicted octanol–water partition coefficient (Wildman–Crippen LogP) is 1.94. The average molecular weight is 224 g/mol. The quantitative estimate of drug-likeness (QED) is 0.662. The Bertz CT molecular complexity index is 337. The molecule has 1 rings (SSSR count). The molecule has 5 heteroatoms. The molecule has 90 valence electrons. The van der Waals surface area contributed by atoms with Gasteiger partial charge in [-0.25, -0.2) is 5.10 Å². The van der Waals surface area contributed by atoms with Gasteiger partial charge in [0.2, 0.25) is 5.95 Å². The summed E-state index contributed by atoms with van der Waals surface area (Å²) in [5.74, 6) is 0.459. The van der Waals surface area contributed by atoms with E-state index in [-0.39, 0.29) is 5.56 Å². The molecule has 0 saturated heterocycles. The topological polar surface area (TPSA) is 70.7 Å². The van der Waals surface area contributed by atoms with Crippen LogP contribution in [0.1, 0.15) is 45.4 Å². The molecule has 1 aromatic rings. The number of aromatic nitrogens is 3. The van der Waals surface area contributed by atoms with Crippen LogP contribution in [0.25, 0.3) is 0 Å². The lowest BCUT2D eigenvalue weighted by Crippen LogP contribution is -2.13. The van der Waals surface area contributed by atoms with Crippen molar-refractivity contribution >= 4 is 5.95 Å². The number of aromatic amines is 1. The molecule has 1 aromatic heterocycles. The number of nitrogens with one attached hydrogen (secondary N) is 2. The van der Waals surface area contributed by atoms with Crippen LogP contribution in [-0.4, -0.2) is 21.7 Å². The van der Waals surface area contributed by atoms with Gasteiger partial charge in [-0.05, 0) is 6.42 Å². The van der Waals surface area contributed by atoms with Gasteiger partial charge >= 0.3 is 0 Å². The molecule has 0 aromatic carbocycles. The minimum atomic E-state index is -0.316. The third kappa shape index (κ3) is 5.48. The first-order valence-electron chi connectivity index (χ1n) is 5.98. The van der Waals surface area contributed by atoms with Crippen molar-refractivity contribution in [2.24, 2.45) is 0 Å². The first-order valence-corrected chi connectivity index (χ1v) is 5.98. The van der Waals surface area contributed by atoms with Gasteiger partial charge in [-0.3, -0.25) is 4.79 Å². The third-order valence-electron chi connectivity index (χ3n) is 2.39. The van der Waals surface area contributed by atoms with E-state index in [1.165, 1.54) is 32.1 Å². The third-order valence-corrected chi connectivity index (χ3v) is 2.39. The number of nitrogens with zero attached hydrogens (tertiary/aromatic N) is 2. The van der Waals surface area contributed by atoms with Crippen molar-refractivity contribution in [3.05, 3.63) is 16.6 Å². The van der Waals surface area contributed by atoms with Crippen molar-refractivity contribution in [3.8, 4) is 0 Å². The zero-order valence-corrected chi connectivity index (χ0v) is 9.83. The van der Waals surface area contributed by atoms with Gasteiger partial charge < -0.3 is 5.32 Å². The summed E-state index contributed by atoms with van der Waals surface area (Å²) in [6.45, 7) is 3.05. The molecule has 0 atom stereocenters. The molecule has 16 heavy (non-hydrogen) atoms. The molecular formula is C11H20N4O. The number of H-pyrrole nitrogens is 1. The highest BCUT2D eigenvalue weighted by molar-refractivity contribution is 5.19. The zero-order chi connectivity index (χ0) is 11.6. The van der Waals surface area contributed by atoms with Gasteiger partial charge in [-0.2, -0.15) is 10.1 Å². The maximum absolute atomic E-state index is 10.9. The standard InChI is InChI=1S/C11H20N4O/c1-2-3-4-5-6-7-8-12-11-14-10(16)9-13-15-11/h9H,2-8H2,1H3,(H2,12,14,15,16). The van der Waals surface area contributed by atoms with Gasteiger partial charge in [0.25, 0.3) is 5.56 Å². The lowest BCUT2D eigenvalue weighted by atomic mass is 10.1. The van der Waals surface area contributed by atoms with E-state index >= 15 is 0 Å². The summed E-state index contributed by atoms with van der Waals surface area (Å²) in [6.07, 6.45) is 8.69. The van der Waals surface area contributed by atoms with Crippen LogP contribution in [0, 0.1) is 0 Å². The number of unbranched alkanes of at least 4 members (excludes halogenated alkanes) is 5. The summed E-state index contributed by atoms with van der Waals surface area (Å²) in [5, 5.41) is 9.36. The molecule has 0 unspecified atom stereocenters. The second-order valence-corrected chi connectivity index (χ2v) is 3.86. The van der Waals surface area contributed by atoms with Gasteiger partial charge in [0.15, 0.2) is 0 Å². The van der Waals surface area contributed by atoms with Crippen LogP contribution in [0.5, 0.6) is 0 Å². The summed E-state index contributed by atoms with van der Waals surface area (Å²) >= 11 is 0. The molecule has 0 fully saturated rings. The summed E-state index contributed by atoms with van der Waals surface area (Å²) < 4.78 is 0. The molecular weight excluding hydrogens is 204 g/mol. The first kappa shape index (κ1) is 12.7. The van der Waals surface area contributed by atoms with Gasteiger partial charge in [-0.15, -0.1) is 0 Å². The summed E-state index contributed by atoms with van der Waals surface area (Å²) in [4.78, 5) is 14.6. The molecule has 0 saturated carbocycles. The van der Waals surface area contributed by atoms with Crippen molar-refractivity contribution in [2.75, 3.05) is 11.9 Å². The largest absolute Gasteiger partial charge is 0.355 e. The van der Waals surface area contributed by atoms with Crippen LogP contribution < -0.4 is 10.9 Å². The Morgan fingerprint density at radius 2 is 2.00 bits per heavy atom. The second-order valence-electron chi connectivity index (χ2n) is 3.86. The van der Waals surface area contributed by atoms with E-state index in [1.54, 1.807) is 0 Å². The molecule has 5 nitrogen and oxygen atoms in total. The van der Waals surface area contributed by atoms with E-state index in [2.05, 4.69) is 27.4 Å². The molecule has 0 amide bonds. The molecule has 0 spiro atoms. The summed E-state index contributed by atoms with van der Waals surface area (Å²) in [6, 6.07) is 0. The van der Waals surface area contributed by atoms with E-state index in [9.17, 15) is 4.79 Å². The zero-order valence-electron chi connectivity index (χ0n) is 9.83. The normalized spacial score (nSPS) is 10.3. The highest BCUT2D eigenvalue weighted by Crippen LogP contribution is 2.04. The smallest absolute Gasteiger partial charge is 0.293 e. The number of hydrogen-bond donors (Lipinski definition) is 2. The van der Waals surface area contributed by atoms with Crippen molar-refractivity contribution in [3.63, 3.8) is 0 Å². The highest BCUT2D eigenvalue weighted by atomic mass is 16.1. The first-order chi connectivity index (χ1) is 7.83. The van der Waals surface area contributed by atoms with Crippen LogP contribution >= 0.6 is 0 Å². The number of rotatable bonds is 8. The Morgan fingerprint density at radius 3 is 2.75 bits per heavy atom. The average Bonchev–Trinajstić information content (AvgIpc) is 2.28. The molecule has 0 aliphatic heterocycles.